The standard InChI is InChI=1S/C17H20N2O4/c1-22-14-4-2-3-12-9-13(10-23-15(12)14)17(21)19-7-5-11(6-8-19)16(18)20/h2-4,9,11H,5-8,10H2,1H3,(H2,18,20). The number of nitrogens with two attached hydrogens (primary N) is 1. The Morgan fingerprint density at radius 1 is 1.30 bits per heavy atom. The Morgan fingerprint density at radius 2 is 2.04 bits per heavy atom. The number of amides is 2. The monoisotopic (exact) mass is 316 g/mol. The van der Waals surface area contributed by atoms with E-state index < -0.39 is 0 Å². The maximum Gasteiger partial charge on any atom is 0.253 e. The van der Waals surface area contributed by atoms with Gasteiger partial charge in [0.25, 0.3) is 5.91 Å². The molecule has 0 bridgehead atoms. The van der Waals surface area contributed by atoms with E-state index in [2.05, 4.69) is 0 Å². The summed E-state index contributed by atoms with van der Waals surface area (Å²) in [5.41, 5.74) is 6.78. The van der Waals surface area contributed by atoms with Crippen LogP contribution in [-0.4, -0.2) is 43.5 Å². The van der Waals surface area contributed by atoms with Crippen molar-refractivity contribution in [3.05, 3.63) is 29.3 Å². The fourth-order valence-electron chi connectivity index (χ4n) is 3.03. The summed E-state index contributed by atoms with van der Waals surface area (Å²) in [5, 5.41) is 0. The molecule has 6 nitrogen and oxygen atoms in total. The van der Waals surface area contributed by atoms with Gasteiger partial charge < -0.3 is 20.1 Å². The highest BCUT2D eigenvalue weighted by Crippen LogP contribution is 2.36. The van der Waals surface area contributed by atoms with E-state index in [9.17, 15) is 9.59 Å². The molecule has 2 N–H and O–H groups in total. The number of para-hydroxylation sites is 1. The number of primary amides is 1. The lowest BCUT2D eigenvalue weighted by molar-refractivity contribution is -0.131. The molecular formula is C17H20N2O4. The zero-order valence-electron chi connectivity index (χ0n) is 13.1. The van der Waals surface area contributed by atoms with Gasteiger partial charge in [0.1, 0.15) is 6.61 Å². The van der Waals surface area contributed by atoms with E-state index in [0.717, 1.165) is 5.56 Å². The first kappa shape index (κ1) is 15.4. The molecule has 1 aromatic rings. The Kier molecular flexibility index (Phi) is 4.23. The van der Waals surface area contributed by atoms with Gasteiger partial charge in [0.05, 0.1) is 12.7 Å². The predicted octanol–water partition coefficient (Wildman–Crippen LogP) is 1.19. The number of carbonyl (C=O) groups is 2. The van der Waals surface area contributed by atoms with Gasteiger partial charge in [-0.3, -0.25) is 9.59 Å². The smallest absolute Gasteiger partial charge is 0.253 e. The lowest BCUT2D eigenvalue weighted by Gasteiger charge is -2.32. The van der Waals surface area contributed by atoms with Crippen LogP contribution in [-0.2, 0) is 9.59 Å². The number of likely N-dealkylation sites (tertiary alicyclic amines) is 1. The number of piperidine rings is 1. The Labute approximate surface area is 134 Å². The second-order valence-corrected chi connectivity index (χ2v) is 5.81. The molecule has 2 aliphatic heterocycles. The summed E-state index contributed by atoms with van der Waals surface area (Å²) in [6.45, 7) is 1.32. The van der Waals surface area contributed by atoms with Gasteiger partial charge in [0.2, 0.25) is 5.91 Å². The average Bonchev–Trinajstić information content (AvgIpc) is 2.60. The van der Waals surface area contributed by atoms with Crippen LogP contribution in [0.5, 0.6) is 11.5 Å². The first-order chi connectivity index (χ1) is 11.1. The summed E-state index contributed by atoms with van der Waals surface area (Å²) in [4.78, 5) is 25.6. The highest BCUT2D eigenvalue weighted by atomic mass is 16.5. The van der Waals surface area contributed by atoms with E-state index in [1.807, 2.05) is 24.3 Å². The van der Waals surface area contributed by atoms with Gasteiger partial charge in [0.15, 0.2) is 11.5 Å². The molecule has 3 rings (SSSR count). The van der Waals surface area contributed by atoms with Gasteiger partial charge in [0, 0.05) is 24.6 Å². The maximum absolute atomic E-state index is 12.6. The molecule has 0 atom stereocenters. The third-order valence-corrected chi connectivity index (χ3v) is 4.39. The van der Waals surface area contributed by atoms with Crippen molar-refractivity contribution in [2.45, 2.75) is 12.8 Å². The molecule has 0 saturated carbocycles. The normalized spacial score (nSPS) is 17.8. The number of hydrogen-bond donors (Lipinski definition) is 1. The number of methoxy groups -OCH3 is 1. The molecule has 23 heavy (non-hydrogen) atoms. The van der Waals surface area contributed by atoms with Gasteiger partial charge in [-0.05, 0) is 25.0 Å². The number of nitrogens with zero attached hydrogens (tertiary/aromatic N) is 1. The number of hydrogen-bond acceptors (Lipinski definition) is 4. The second-order valence-electron chi connectivity index (χ2n) is 5.81. The Morgan fingerprint density at radius 3 is 2.70 bits per heavy atom. The van der Waals surface area contributed by atoms with Crippen LogP contribution in [0.3, 0.4) is 0 Å². The lowest BCUT2D eigenvalue weighted by Crippen LogP contribution is -2.43. The minimum absolute atomic E-state index is 0.0404. The van der Waals surface area contributed by atoms with Crippen molar-refractivity contribution in [3.8, 4) is 11.5 Å². The number of fused-ring (bicyclic) bond motifs is 1. The molecule has 2 amide bonds. The number of benzene rings is 1. The van der Waals surface area contributed by atoms with Crippen LogP contribution in [0.2, 0.25) is 0 Å². The summed E-state index contributed by atoms with van der Waals surface area (Å²) in [6.07, 6.45) is 3.10. The molecule has 0 unspecified atom stereocenters. The molecule has 122 valence electrons. The predicted molar refractivity (Wildman–Crippen MR) is 85.0 cm³/mol. The first-order valence-corrected chi connectivity index (χ1v) is 7.69. The summed E-state index contributed by atoms with van der Waals surface area (Å²) in [6, 6.07) is 5.58. The third kappa shape index (κ3) is 3.02. The van der Waals surface area contributed by atoms with Crippen molar-refractivity contribution in [2.75, 3.05) is 26.8 Å². The van der Waals surface area contributed by atoms with Crippen LogP contribution in [0.4, 0.5) is 0 Å². The molecule has 1 fully saturated rings. The number of rotatable bonds is 3. The second kappa shape index (κ2) is 6.32. The third-order valence-electron chi connectivity index (χ3n) is 4.39. The van der Waals surface area contributed by atoms with E-state index >= 15 is 0 Å². The van der Waals surface area contributed by atoms with E-state index in [1.54, 1.807) is 12.0 Å². The van der Waals surface area contributed by atoms with E-state index in [-0.39, 0.29) is 24.3 Å². The highest BCUT2D eigenvalue weighted by Gasteiger charge is 2.29. The fraction of sp³-hybridized carbons (Fsp3) is 0.412. The van der Waals surface area contributed by atoms with Gasteiger partial charge in [-0.15, -0.1) is 0 Å². The molecule has 6 heteroatoms. The topological polar surface area (TPSA) is 81.9 Å². The summed E-state index contributed by atoms with van der Waals surface area (Å²) < 4.78 is 11.0. The Bertz CT molecular complexity index is 661. The van der Waals surface area contributed by atoms with Crippen LogP contribution in [0, 0.1) is 5.92 Å². The minimum Gasteiger partial charge on any atom is -0.493 e. The average molecular weight is 316 g/mol. The van der Waals surface area contributed by atoms with Crippen molar-refractivity contribution in [3.63, 3.8) is 0 Å². The van der Waals surface area contributed by atoms with E-state index in [0.29, 0.717) is 43.0 Å². The summed E-state index contributed by atoms with van der Waals surface area (Å²) in [5.74, 6) is 0.881. The van der Waals surface area contributed by atoms with Crippen molar-refractivity contribution in [2.24, 2.45) is 11.7 Å². The van der Waals surface area contributed by atoms with Crippen molar-refractivity contribution in [1.29, 1.82) is 0 Å². The van der Waals surface area contributed by atoms with Crippen molar-refractivity contribution in [1.82, 2.24) is 4.90 Å². The zero-order valence-corrected chi connectivity index (χ0v) is 13.1. The highest BCUT2D eigenvalue weighted by molar-refractivity contribution is 5.99. The molecule has 0 aliphatic carbocycles. The zero-order chi connectivity index (χ0) is 16.4. The Balaban J connectivity index is 1.74. The fourth-order valence-corrected chi connectivity index (χ4v) is 3.03. The van der Waals surface area contributed by atoms with Gasteiger partial charge >= 0.3 is 0 Å². The lowest BCUT2D eigenvalue weighted by atomic mass is 9.95. The molecule has 0 radical (unpaired) electrons. The van der Waals surface area contributed by atoms with Crippen LogP contribution in [0.25, 0.3) is 6.08 Å². The summed E-state index contributed by atoms with van der Waals surface area (Å²) in [7, 11) is 1.59. The molecule has 0 spiro atoms. The molecule has 0 aromatic heterocycles. The van der Waals surface area contributed by atoms with Crippen molar-refractivity contribution >= 4 is 17.9 Å². The van der Waals surface area contributed by atoms with Crippen LogP contribution in [0.15, 0.2) is 23.8 Å². The van der Waals surface area contributed by atoms with E-state index in [4.69, 9.17) is 15.2 Å². The quantitative estimate of drug-likeness (QED) is 0.908. The van der Waals surface area contributed by atoms with Crippen LogP contribution in [0.1, 0.15) is 18.4 Å². The van der Waals surface area contributed by atoms with Gasteiger partial charge in [-0.2, -0.15) is 0 Å². The SMILES string of the molecule is COc1cccc2c1OCC(C(=O)N1CCC(C(N)=O)CC1)=C2. The van der Waals surface area contributed by atoms with Crippen LogP contribution >= 0.6 is 0 Å². The molecule has 2 aliphatic rings. The largest absolute Gasteiger partial charge is 0.493 e. The maximum atomic E-state index is 12.6. The van der Waals surface area contributed by atoms with Crippen LogP contribution < -0.4 is 15.2 Å². The molecule has 2 heterocycles. The first-order valence-electron chi connectivity index (χ1n) is 7.69. The van der Waals surface area contributed by atoms with E-state index in [1.165, 1.54) is 0 Å². The van der Waals surface area contributed by atoms with Gasteiger partial charge in [-0.25, -0.2) is 0 Å². The number of carbonyl (C=O) groups excluding carboxylic acids is 2. The molecular weight excluding hydrogens is 296 g/mol. The summed E-state index contributed by atoms with van der Waals surface area (Å²) >= 11 is 0. The number of ether oxygens (including phenoxy) is 2. The molecule has 1 saturated heterocycles. The Hall–Kier alpha value is -2.50. The minimum atomic E-state index is -0.279. The van der Waals surface area contributed by atoms with Gasteiger partial charge in [-0.1, -0.05) is 12.1 Å². The molecule has 1 aromatic carbocycles. The van der Waals surface area contributed by atoms with Crippen molar-refractivity contribution < 1.29 is 19.1 Å².